The van der Waals surface area contributed by atoms with E-state index >= 15 is 0 Å². The minimum absolute atomic E-state index is 0.122. The quantitative estimate of drug-likeness (QED) is 0.492. The smallest absolute Gasteiger partial charge is 0.433 e. The molecule has 0 fully saturated rings. The number of halogens is 1. The van der Waals surface area contributed by atoms with E-state index in [0.717, 1.165) is 0 Å². The lowest BCUT2D eigenvalue weighted by atomic mass is 10.4. The minimum Gasteiger partial charge on any atom is -0.484 e. The number of hydrogen-bond acceptors (Lipinski definition) is 5. The SMILES string of the molecule is O=[N+]([O-])c1ccc(COc2ccc(Br)nc2)o1. The number of furan rings is 1. The molecule has 0 saturated carbocycles. The summed E-state index contributed by atoms with van der Waals surface area (Å²) in [6.45, 7) is 0.122. The van der Waals surface area contributed by atoms with Crippen LogP contribution < -0.4 is 4.74 Å². The summed E-state index contributed by atoms with van der Waals surface area (Å²) in [5.74, 6) is 0.657. The van der Waals surface area contributed by atoms with Crippen molar-refractivity contribution in [1.82, 2.24) is 4.98 Å². The molecule has 0 unspecified atom stereocenters. The summed E-state index contributed by atoms with van der Waals surface area (Å²) in [6.07, 6.45) is 1.54. The topological polar surface area (TPSA) is 78.4 Å². The summed E-state index contributed by atoms with van der Waals surface area (Å²) in [6, 6.07) is 6.26. The highest BCUT2D eigenvalue weighted by Crippen LogP contribution is 2.18. The van der Waals surface area contributed by atoms with Crippen LogP contribution in [0.25, 0.3) is 0 Å². The van der Waals surface area contributed by atoms with Gasteiger partial charge in [-0.1, -0.05) is 0 Å². The Bertz CT molecular complexity index is 523. The predicted molar refractivity (Wildman–Crippen MR) is 61.6 cm³/mol. The summed E-state index contributed by atoms with van der Waals surface area (Å²) >= 11 is 3.20. The van der Waals surface area contributed by atoms with Crippen LogP contribution in [0.15, 0.2) is 39.5 Å². The number of hydrogen-bond donors (Lipinski definition) is 0. The second-order valence-electron chi connectivity index (χ2n) is 3.10. The third-order valence-electron chi connectivity index (χ3n) is 1.91. The summed E-state index contributed by atoms with van der Waals surface area (Å²) < 4.78 is 11.0. The standard InChI is InChI=1S/C10H7BrN2O4/c11-9-3-1-7(5-12-9)16-6-8-2-4-10(17-8)13(14)15/h1-5H,6H2. The third-order valence-corrected chi connectivity index (χ3v) is 2.38. The molecule has 0 aliphatic carbocycles. The van der Waals surface area contributed by atoms with Gasteiger partial charge >= 0.3 is 5.88 Å². The molecular formula is C10H7BrN2O4. The molecule has 2 heterocycles. The van der Waals surface area contributed by atoms with Crippen molar-refractivity contribution in [2.75, 3.05) is 0 Å². The van der Waals surface area contributed by atoms with Crippen molar-refractivity contribution < 1.29 is 14.1 Å². The van der Waals surface area contributed by atoms with E-state index in [0.29, 0.717) is 16.1 Å². The van der Waals surface area contributed by atoms with Gasteiger partial charge in [-0.3, -0.25) is 10.1 Å². The lowest BCUT2D eigenvalue weighted by molar-refractivity contribution is -0.402. The first-order chi connectivity index (χ1) is 8.15. The van der Waals surface area contributed by atoms with Crippen LogP contribution in [0.1, 0.15) is 5.76 Å². The van der Waals surface area contributed by atoms with Crippen molar-refractivity contribution in [3.05, 3.63) is 50.9 Å². The van der Waals surface area contributed by atoms with Crippen LogP contribution in [0, 0.1) is 10.1 Å². The maximum Gasteiger partial charge on any atom is 0.433 e. The Kier molecular flexibility index (Phi) is 3.38. The van der Waals surface area contributed by atoms with Crippen molar-refractivity contribution in [1.29, 1.82) is 0 Å². The van der Waals surface area contributed by atoms with Gasteiger partial charge in [-0.25, -0.2) is 4.98 Å². The Morgan fingerprint density at radius 2 is 2.24 bits per heavy atom. The molecule has 0 aliphatic rings. The summed E-state index contributed by atoms with van der Waals surface area (Å²) in [7, 11) is 0. The Morgan fingerprint density at radius 1 is 1.41 bits per heavy atom. The average molecular weight is 299 g/mol. The largest absolute Gasteiger partial charge is 0.484 e. The maximum absolute atomic E-state index is 10.4. The molecule has 88 valence electrons. The Morgan fingerprint density at radius 3 is 2.82 bits per heavy atom. The number of aromatic nitrogens is 1. The maximum atomic E-state index is 10.4. The number of rotatable bonds is 4. The first-order valence-corrected chi connectivity index (χ1v) is 5.42. The zero-order valence-electron chi connectivity index (χ0n) is 8.50. The van der Waals surface area contributed by atoms with Gasteiger partial charge in [0, 0.05) is 0 Å². The van der Waals surface area contributed by atoms with Gasteiger partial charge in [-0.15, -0.1) is 0 Å². The van der Waals surface area contributed by atoms with Gasteiger partial charge in [0.2, 0.25) is 0 Å². The first kappa shape index (κ1) is 11.6. The molecule has 2 rings (SSSR count). The number of nitrogens with zero attached hydrogens (tertiary/aromatic N) is 2. The molecule has 0 radical (unpaired) electrons. The van der Waals surface area contributed by atoms with Crippen LogP contribution in [0.3, 0.4) is 0 Å². The molecule has 2 aromatic heterocycles. The van der Waals surface area contributed by atoms with E-state index in [1.54, 1.807) is 18.3 Å². The Labute approximate surface area is 105 Å². The van der Waals surface area contributed by atoms with Crippen molar-refractivity contribution in [3.8, 4) is 5.75 Å². The van der Waals surface area contributed by atoms with Crippen LogP contribution in [0.5, 0.6) is 5.75 Å². The molecule has 0 spiro atoms. The highest BCUT2D eigenvalue weighted by molar-refractivity contribution is 9.10. The molecule has 0 aromatic carbocycles. The fourth-order valence-electron chi connectivity index (χ4n) is 1.14. The van der Waals surface area contributed by atoms with Gasteiger partial charge in [0.15, 0.2) is 0 Å². The molecule has 0 saturated heterocycles. The number of nitro groups is 1. The van der Waals surface area contributed by atoms with Gasteiger partial charge < -0.3 is 9.15 Å². The van der Waals surface area contributed by atoms with E-state index in [-0.39, 0.29) is 12.5 Å². The minimum atomic E-state index is -0.593. The van der Waals surface area contributed by atoms with E-state index in [9.17, 15) is 10.1 Å². The monoisotopic (exact) mass is 298 g/mol. The van der Waals surface area contributed by atoms with Crippen LogP contribution in [-0.4, -0.2) is 9.91 Å². The first-order valence-electron chi connectivity index (χ1n) is 4.62. The Hall–Kier alpha value is -1.89. The molecule has 0 bridgehead atoms. The molecule has 7 heteroatoms. The highest BCUT2D eigenvalue weighted by atomic mass is 79.9. The average Bonchev–Trinajstić information content (AvgIpc) is 2.77. The van der Waals surface area contributed by atoms with Gasteiger partial charge in [-0.05, 0) is 34.1 Å². The van der Waals surface area contributed by atoms with E-state index in [4.69, 9.17) is 9.15 Å². The normalized spacial score (nSPS) is 10.2. The van der Waals surface area contributed by atoms with E-state index in [1.807, 2.05) is 0 Å². The van der Waals surface area contributed by atoms with Gasteiger partial charge in [0.05, 0.1) is 12.3 Å². The fourth-order valence-corrected chi connectivity index (χ4v) is 1.38. The van der Waals surface area contributed by atoms with Gasteiger partial charge in [-0.2, -0.15) is 0 Å². The van der Waals surface area contributed by atoms with Crippen molar-refractivity contribution >= 4 is 21.8 Å². The van der Waals surface area contributed by atoms with Crippen molar-refractivity contribution in [2.45, 2.75) is 6.61 Å². The molecule has 0 atom stereocenters. The van der Waals surface area contributed by atoms with Crippen molar-refractivity contribution in [2.24, 2.45) is 0 Å². The summed E-state index contributed by atoms with van der Waals surface area (Å²) in [4.78, 5) is 13.8. The second kappa shape index (κ2) is 4.96. The molecule has 0 N–H and O–H groups in total. The van der Waals surface area contributed by atoms with Crippen LogP contribution >= 0.6 is 15.9 Å². The molecule has 0 aliphatic heterocycles. The number of pyridine rings is 1. The molecule has 6 nitrogen and oxygen atoms in total. The van der Waals surface area contributed by atoms with Crippen LogP contribution in [0.2, 0.25) is 0 Å². The summed E-state index contributed by atoms with van der Waals surface area (Å²) in [5.41, 5.74) is 0. The third kappa shape index (κ3) is 3.04. The van der Waals surface area contributed by atoms with E-state index < -0.39 is 4.92 Å². The molecule has 0 amide bonds. The van der Waals surface area contributed by atoms with Gasteiger partial charge in [0.25, 0.3) is 0 Å². The van der Waals surface area contributed by atoms with Crippen LogP contribution in [0.4, 0.5) is 5.88 Å². The molecule has 17 heavy (non-hydrogen) atoms. The Balaban J connectivity index is 1.97. The second-order valence-corrected chi connectivity index (χ2v) is 3.91. The summed E-state index contributed by atoms with van der Waals surface area (Å²) in [5, 5.41) is 10.4. The molecule has 2 aromatic rings. The number of ether oxygens (including phenoxy) is 1. The molecular weight excluding hydrogens is 292 g/mol. The zero-order chi connectivity index (χ0) is 12.3. The predicted octanol–water partition coefficient (Wildman–Crippen LogP) is 2.92. The lowest BCUT2D eigenvalue weighted by Crippen LogP contribution is -1.94. The van der Waals surface area contributed by atoms with E-state index in [2.05, 4.69) is 20.9 Å². The van der Waals surface area contributed by atoms with Gasteiger partial charge in [0.1, 0.15) is 27.6 Å². The van der Waals surface area contributed by atoms with Crippen LogP contribution in [-0.2, 0) is 6.61 Å². The lowest BCUT2D eigenvalue weighted by Gasteiger charge is -2.02. The van der Waals surface area contributed by atoms with Crippen molar-refractivity contribution in [3.63, 3.8) is 0 Å². The van der Waals surface area contributed by atoms with E-state index in [1.165, 1.54) is 12.1 Å². The highest BCUT2D eigenvalue weighted by Gasteiger charge is 2.11. The zero-order valence-corrected chi connectivity index (χ0v) is 10.1. The fraction of sp³-hybridized carbons (Fsp3) is 0.100.